The van der Waals surface area contributed by atoms with E-state index in [2.05, 4.69) is 10.1 Å². The zero-order valence-electron chi connectivity index (χ0n) is 9.96. The maximum atomic E-state index is 9.53. The summed E-state index contributed by atoms with van der Waals surface area (Å²) in [4.78, 5) is 4.78. The minimum Gasteiger partial charge on any atom is -0.506 e. The van der Waals surface area contributed by atoms with Crippen molar-refractivity contribution in [3.05, 3.63) is 17.3 Å². The molecule has 0 aromatic carbocycles. The van der Waals surface area contributed by atoms with E-state index in [-0.39, 0.29) is 5.75 Å². The number of thiophene rings is 1. The van der Waals surface area contributed by atoms with Crippen LogP contribution in [0.1, 0.15) is 5.82 Å². The van der Waals surface area contributed by atoms with Gasteiger partial charge in [-0.1, -0.05) is 5.16 Å². The summed E-state index contributed by atoms with van der Waals surface area (Å²) in [6.07, 6.45) is 0.569. The van der Waals surface area contributed by atoms with E-state index >= 15 is 0 Å². The number of methoxy groups -OCH3 is 1. The Morgan fingerprint density at radius 2 is 2.28 bits per heavy atom. The molecule has 98 valence electrons. The summed E-state index contributed by atoms with van der Waals surface area (Å²) in [5, 5.41) is 15.1. The van der Waals surface area contributed by atoms with Crippen LogP contribution in [0.3, 0.4) is 0 Å². The van der Waals surface area contributed by atoms with Gasteiger partial charge in [-0.2, -0.15) is 4.98 Å². The van der Waals surface area contributed by atoms with Crippen LogP contribution < -0.4 is 0 Å². The van der Waals surface area contributed by atoms with Crippen molar-refractivity contribution in [3.63, 3.8) is 0 Å². The molecule has 0 aliphatic rings. The second kappa shape index (κ2) is 6.48. The molecule has 6 nitrogen and oxygen atoms in total. The Morgan fingerprint density at radius 1 is 1.39 bits per heavy atom. The van der Waals surface area contributed by atoms with Gasteiger partial charge in [0.05, 0.1) is 19.8 Å². The monoisotopic (exact) mass is 270 g/mol. The van der Waals surface area contributed by atoms with Gasteiger partial charge in [-0.05, 0) is 11.4 Å². The summed E-state index contributed by atoms with van der Waals surface area (Å²) in [6.45, 7) is 1.63. The van der Waals surface area contributed by atoms with Gasteiger partial charge in [0.1, 0.15) is 10.6 Å². The van der Waals surface area contributed by atoms with Crippen molar-refractivity contribution >= 4 is 11.3 Å². The summed E-state index contributed by atoms with van der Waals surface area (Å²) >= 11 is 1.36. The molecule has 0 saturated carbocycles. The van der Waals surface area contributed by atoms with Crippen LogP contribution in [0.4, 0.5) is 0 Å². The Hall–Kier alpha value is -1.44. The predicted octanol–water partition coefficient (Wildman–Crippen LogP) is 1.71. The normalized spacial score (nSPS) is 10.9. The van der Waals surface area contributed by atoms with Gasteiger partial charge >= 0.3 is 0 Å². The molecule has 1 N–H and O–H groups in total. The maximum Gasteiger partial charge on any atom is 0.271 e. The molecule has 0 spiro atoms. The van der Waals surface area contributed by atoms with E-state index in [0.29, 0.717) is 42.8 Å². The lowest BCUT2D eigenvalue weighted by atomic mass is 10.4. The molecule has 18 heavy (non-hydrogen) atoms. The Kier molecular flexibility index (Phi) is 4.68. The van der Waals surface area contributed by atoms with E-state index in [4.69, 9.17) is 14.0 Å². The Bertz CT molecular complexity index is 483. The third-order valence-electron chi connectivity index (χ3n) is 2.21. The van der Waals surface area contributed by atoms with Crippen molar-refractivity contribution in [1.29, 1.82) is 0 Å². The Labute approximate surface area is 108 Å². The lowest BCUT2D eigenvalue weighted by Crippen LogP contribution is -2.05. The number of hydrogen-bond acceptors (Lipinski definition) is 7. The first-order valence-corrected chi connectivity index (χ1v) is 6.35. The molecule has 0 aliphatic heterocycles. The molecule has 0 saturated heterocycles. The molecule has 2 aromatic rings. The van der Waals surface area contributed by atoms with E-state index in [1.165, 1.54) is 11.3 Å². The molecule has 2 rings (SSSR count). The molecule has 0 aliphatic carbocycles. The van der Waals surface area contributed by atoms with Gasteiger partial charge in [0.15, 0.2) is 5.82 Å². The highest BCUT2D eigenvalue weighted by molar-refractivity contribution is 7.13. The minimum atomic E-state index is 0.159. The van der Waals surface area contributed by atoms with Crippen molar-refractivity contribution in [3.8, 4) is 16.5 Å². The summed E-state index contributed by atoms with van der Waals surface area (Å²) in [6, 6.07) is 1.59. The fourth-order valence-corrected chi connectivity index (χ4v) is 2.02. The second-order valence-electron chi connectivity index (χ2n) is 3.51. The standard InChI is InChI=1S/C11H14N2O4S/c1-15-5-6-16-4-2-9-12-11(17-13-9)10-8(14)3-7-18-10/h3,7,14H,2,4-6H2,1H3. The molecule has 2 aromatic heterocycles. The van der Waals surface area contributed by atoms with Crippen LogP contribution in [0.15, 0.2) is 16.0 Å². The van der Waals surface area contributed by atoms with Gasteiger partial charge in [-0.3, -0.25) is 0 Å². The van der Waals surface area contributed by atoms with Crippen LogP contribution in [-0.4, -0.2) is 42.2 Å². The molecular weight excluding hydrogens is 256 g/mol. The fourth-order valence-electron chi connectivity index (χ4n) is 1.32. The highest BCUT2D eigenvalue weighted by Crippen LogP contribution is 2.32. The first-order chi connectivity index (χ1) is 8.81. The summed E-state index contributed by atoms with van der Waals surface area (Å²) in [5.41, 5.74) is 0. The summed E-state index contributed by atoms with van der Waals surface area (Å²) < 4.78 is 15.2. The van der Waals surface area contributed by atoms with Crippen LogP contribution in [0.5, 0.6) is 5.75 Å². The zero-order valence-corrected chi connectivity index (χ0v) is 10.8. The average molecular weight is 270 g/mol. The van der Waals surface area contributed by atoms with Gasteiger partial charge < -0.3 is 19.1 Å². The van der Waals surface area contributed by atoms with Crippen LogP contribution in [0, 0.1) is 0 Å². The number of aromatic hydroxyl groups is 1. The minimum absolute atomic E-state index is 0.159. The van der Waals surface area contributed by atoms with Crippen molar-refractivity contribution in [2.45, 2.75) is 6.42 Å². The molecule has 0 unspecified atom stereocenters. The smallest absolute Gasteiger partial charge is 0.271 e. The lowest BCUT2D eigenvalue weighted by molar-refractivity contribution is 0.0714. The maximum absolute atomic E-state index is 9.53. The SMILES string of the molecule is COCCOCCc1noc(-c2sccc2O)n1. The van der Waals surface area contributed by atoms with Gasteiger partial charge in [0, 0.05) is 13.5 Å². The van der Waals surface area contributed by atoms with Crippen LogP contribution in [0.2, 0.25) is 0 Å². The van der Waals surface area contributed by atoms with E-state index in [0.717, 1.165) is 0 Å². The predicted molar refractivity (Wildman–Crippen MR) is 65.7 cm³/mol. The van der Waals surface area contributed by atoms with E-state index in [9.17, 15) is 5.11 Å². The summed E-state index contributed by atoms with van der Waals surface area (Å²) in [5.74, 6) is 1.07. The Balaban J connectivity index is 1.85. The largest absolute Gasteiger partial charge is 0.506 e. The number of aromatic nitrogens is 2. The van der Waals surface area contributed by atoms with Crippen molar-refractivity contribution in [2.75, 3.05) is 26.9 Å². The number of rotatable bonds is 7. The van der Waals surface area contributed by atoms with E-state index in [1.54, 1.807) is 18.6 Å². The van der Waals surface area contributed by atoms with E-state index in [1.807, 2.05) is 0 Å². The summed E-state index contributed by atoms with van der Waals surface area (Å²) in [7, 11) is 1.63. The lowest BCUT2D eigenvalue weighted by Gasteiger charge is -1.99. The highest BCUT2D eigenvalue weighted by atomic mass is 32.1. The first kappa shape index (κ1) is 13.0. The number of nitrogens with zero attached hydrogens (tertiary/aromatic N) is 2. The average Bonchev–Trinajstić information content (AvgIpc) is 2.97. The third-order valence-corrected chi connectivity index (χ3v) is 3.10. The van der Waals surface area contributed by atoms with Crippen molar-refractivity contribution in [1.82, 2.24) is 10.1 Å². The molecule has 0 radical (unpaired) electrons. The molecular formula is C11H14N2O4S. The van der Waals surface area contributed by atoms with Gasteiger partial charge in [-0.15, -0.1) is 11.3 Å². The number of ether oxygens (including phenoxy) is 2. The van der Waals surface area contributed by atoms with Crippen molar-refractivity contribution < 1.29 is 19.1 Å². The van der Waals surface area contributed by atoms with Crippen LogP contribution in [-0.2, 0) is 15.9 Å². The van der Waals surface area contributed by atoms with Crippen LogP contribution in [0.25, 0.3) is 10.8 Å². The van der Waals surface area contributed by atoms with Gasteiger partial charge in [0.2, 0.25) is 0 Å². The molecule has 7 heteroatoms. The molecule has 0 fully saturated rings. The Morgan fingerprint density at radius 3 is 3.00 bits per heavy atom. The quantitative estimate of drug-likeness (QED) is 0.772. The molecule has 2 heterocycles. The number of hydrogen-bond donors (Lipinski definition) is 1. The first-order valence-electron chi connectivity index (χ1n) is 5.47. The second-order valence-corrected chi connectivity index (χ2v) is 4.42. The fraction of sp³-hybridized carbons (Fsp3) is 0.455. The van der Waals surface area contributed by atoms with Gasteiger partial charge in [-0.25, -0.2) is 0 Å². The molecule has 0 amide bonds. The zero-order chi connectivity index (χ0) is 12.8. The third kappa shape index (κ3) is 3.28. The van der Waals surface area contributed by atoms with Crippen molar-refractivity contribution in [2.24, 2.45) is 0 Å². The highest BCUT2D eigenvalue weighted by Gasteiger charge is 2.13. The van der Waals surface area contributed by atoms with Crippen LogP contribution >= 0.6 is 11.3 Å². The topological polar surface area (TPSA) is 77.6 Å². The van der Waals surface area contributed by atoms with E-state index < -0.39 is 0 Å². The molecule has 0 bridgehead atoms. The molecule has 0 atom stereocenters. The van der Waals surface area contributed by atoms with Gasteiger partial charge in [0.25, 0.3) is 5.89 Å².